The Balaban J connectivity index is 1.28. The van der Waals surface area contributed by atoms with Crippen molar-refractivity contribution in [1.29, 1.82) is 0 Å². The normalized spacial score (nSPS) is 16.6. The third-order valence-electron chi connectivity index (χ3n) is 6.52. The number of carbonyl (C=O) groups is 1. The summed E-state index contributed by atoms with van der Waals surface area (Å²) in [7, 11) is 2.05. The second-order valence-electron chi connectivity index (χ2n) is 9.25. The predicted molar refractivity (Wildman–Crippen MR) is 132 cm³/mol. The van der Waals surface area contributed by atoms with Crippen molar-refractivity contribution >= 4 is 17.5 Å². The van der Waals surface area contributed by atoms with Crippen molar-refractivity contribution in [3.8, 4) is 0 Å². The Morgan fingerprint density at radius 3 is 2.46 bits per heavy atom. The van der Waals surface area contributed by atoms with E-state index in [9.17, 15) is 18.0 Å². The SMILES string of the molecule is Cc1cc(C2=NN(c3ccc(C(F)(F)F)cc3)CO2)nn1Cc1cccc(C(=O)N2CCN(C)CC2)c1. The lowest BCUT2D eigenvalue weighted by atomic mass is 10.1. The molecule has 0 bridgehead atoms. The number of piperazine rings is 1. The molecule has 0 aliphatic carbocycles. The van der Waals surface area contributed by atoms with Crippen LogP contribution in [0.1, 0.15) is 32.9 Å². The Labute approximate surface area is 212 Å². The highest BCUT2D eigenvalue weighted by Gasteiger charge is 2.30. The monoisotopic (exact) mass is 512 g/mol. The summed E-state index contributed by atoms with van der Waals surface area (Å²) in [6, 6.07) is 14.2. The minimum atomic E-state index is -4.39. The second kappa shape index (κ2) is 9.89. The molecule has 3 heterocycles. The van der Waals surface area contributed by atoms with Crippen LogP contribution in [0, 0.1) is 6.92 Å². The van der Waals surface area contributed by atoms with E-state index in [2.05, 4.69) is 22.1 Å². The molecule has 1 saturated heterocycles. The Kier molecular flexibility index (Phi) is 6.63. The lowest BCUT2D eigenvalue weighted by Gasteiger charge is -2.32. The van der Waals surface area contributed by atoms with Gasteiger partial charge in [0.2, 0.25) is 0 Å². The molecule has 5 rings (SSSR count). The molecule has 0 N–H and O–H groups in total. The van der Waals surface area contributed by atoms with Gasteiger partial charge in [-0.1, -0.05) is 12.1 Å². The highest BCUT2D eigenvalue weighted by atomic mass is 19.4. The number of ether oxygens (including phenoxy) is 1. The molecular weight excluding hydrogens is 485 g/mol. The molecule has 3 aromatic rings. The van der Waals surface area contributed by atoms with E-state index in [0.717, 1.165) is 36.5 Å². The lowest BCUT2D eigenvalue weighted by Crippen LogP contribution is -2.47. The van der Waals surface area contributed by atoms with Crippen LogP contribution in [-0.4, -0.2) is 71.3 Å². The van der Waals surface area contributed by atoms with Crippen molar-refractivity contribution in [2.45, 2.75) is 19.6 Å². The number of hydrogen-bond donors (Lipinski definition) is 0. The van der Waals surface area contributed by atoms with Crippen molar-refractivity contribution in [1.82, 2.24) is 19.6 Å². The molecule has 2 aromatic carbocycles. The van der Waals surface area contributed by atoms with Gasteiger partial charge in [-0.25, -0.2) is 5.01 Å². The quantitative estimate of drug-likeness (QED) is 0.521. The third-order valence-corrected chi connectivity index (χ3v) is 6.52. The molecule has 0 radical (unpaired) electrons. The molecule has 0 saturated carbocycles. The molecule has 1 fully saturated rings. The van der Waals surface area contributed by atoms with Gasteiger partial charge >= 0.3 is 6.18 Å². The van der Waals surface area contributed by atoms with Crippen LogP contribution in [0.4, 0.5) is 18.9 Å². The zero-order valence-corrected chi connectivity index (χ0v) is 20.6. The van der Waals surface area contributed by atoms with Crippen molar-refractivity contribution < 1.29 is 22.7 Å². The minimum Gasteiger partial charge on any atom is -0.452 e. The van der Waals surface area contributed by atoms with Gasteiger partial charge in [-0.05, 0) is 62.0 Å². The van der Waals surface area contributed by atoms with Crippen LogP contribution in [0.25, 0.3) is 0 Å². The fourth-order valence-electron chi connectivity index (χ4n) is 4.31. The van der Waals surface area contributed by atoms with Gasteiger partial charge in [-0.2, -0.15) is 18.3 Å². The number of hydrogen-bond acceptors (Lipinski definition) is 6. The van der Waals surface area contributed by atoms with Crippen LogP contribution in [0.5, 0.6) is 0 Å². The van der Waals surface area contributed by atoms with Crippen molar-refractivity contribution in [3.05, 3.63) is 82.7 Å². The maximum atomic E-state index is 13.0. The van der Waals surface area contributed by atoms with E-state index in [-0.39, 0.29) is 12.6 Å². The summed E-state index contributed by atoms with van der Waals surface area (Å²) in [5.41, 5.74) is 2.77. The first-order valence-corrected chi connectivity index (χ1v) is 12.0. The maximum absolute atomic E-state index is 13.0. The standard InChI is InChI=1S/C26H27F3N6O2/c1-18-14-23(24-31-35(17-37-24)22-8-6-21(7-9-22)26(27,28)29)30-34(18)16-19-4-3-5-20(15-19)25(36)33-12-10-32(2)11-13-33/h3-9,14-15H,10-13,16-17H2,1-2H3. The number of hydrazone groups is 1. The molecule has 1 aromatic heterocycles. The predicted octanol–water partition coefficient (Wildman–Crippen LogP) is 3.80. The average Bonchev–Trinajstić information content (AvgIpc) is 3.51. The number of rotatable bonds is 5. The summed E-state index contributed by atoms with van der Waals surface area (Å²) in [5.74, 6) is 0.325. The summed E-state index contributed by atoms with van der Waals surface area (Å²) in [6.45, 7) is 5.61. The molecule has 37 heavy (non-hydrogen) atoms. The van der Waals surface area contributed by atoms with Crippen LogP contribution in [0.2, 0.25) is 0 Å². The highest BCUT2D eigenvalue weighted by molar-refractivity contribution is 5.95. The summed E-state index contributed by atoms with van der Waals surface area (Å²) in [5, 5.41) is 10.5. The zero-order valence-electron chi connectivity index (χ0n) is 20.6. The van der Waals surface area contributed by atoms with E-state index >= 15 is 0 Å². The molecule has 194 valence electrons. The smallest absolute Gasteiger partial charge is 0.416 e. The van der Waals surface area contributed by atoms with Crippen LogP contribution < -0.4 is 5.01 Å². The van der Waals surface area contributed by atoms with Crippen LogP contribution in [-0.2, 0) is 17.5 Å². The molecule has 1 amide bonds. The number of carbonyl (C=O) groups excluding carboxylic acids is 1. The topological polar surface area (TPSA) is 66.2 Å². The molecule has 2 aliphatic heterocycles. The first-order valence-electron chi connectivity index (χ1n) is 12.0. The number of nitrogens with zero attached hydrogens (tertiary/aromatic N) is 6. The van der Waals surface area contributed by atoms with E-state index in [1.807, 2.05) is 42.2 Å². The Morgan fingerprint density at radius 1 is 1.03 bits per heavy atom. The number of aryl methyl sites for hydroxylation is 1. The number of alkyl halides is 3. The van der Waals surface area contributed by atoms with E-state index in [1.54, 1.807) is 4.68 Å². The first kappa shape index (κ1) is 24.8. The van der Waals surface area contributed by atoms with E-state index in [4.69, 9.17) is 4.74 Å². The van der Waals surface area contributed by atoms with Gasteiger partial charge in [0.1, 0.15) is 5.69 Å². The molecular formula is C26H27F3N6O2. The van der Waals surface area contributed by atoms with Crippen LogP contribution >= 0.6 is 0 Å². The Bertz CT molecular complexity index is 1310. The van der Waals surface area contributed by atoms with Crippen LogP contribution in [0.3, 0.4) is 0 Å². The number of aromatic nitrogens is 2. The summed E-state index contributed by atoms with van der Waals surface area (Å²) < 4.78 is 46.0. The number of benzene rings is 2. The first-order chi connectivity index (χ1) is 17.7. The molecule has 0 atom stereocenters. The molecule has 2 aliphatic rings. The fourth-order valence-corrected chi connectivity index (χ4v) is 4.31. The Morgan fingerprint density at radius 2 is 1.76 bits per heavy atom. The van der Waals surface area contributed by atoms with Gasteiger partial charge in [0.15, 0.2) is 6.73 Å². The number of halogens is 3. The molecule has 0 unspecified atom stereocenters. The number of amides is 1. The van der Waals surface area contributed by atoms with E-state index in [0.29, 0.717) is 42.5 Å². The van der Waals surface area contributed by atoms with Crippen molar-refractivity contribution in [3.63, 3.8) is 0 Å². The van der Waals surface area contributed by atoms with Crippen LogP contribution in [0.15, 0.2) is 59.7 Å². The van der Waals surface area contributed by atoms with Gasteiger partial charge in [0.25, 0.3) is 11.8 Å². The Hall–Kier alpha value is -3.86. The minimum absolute atomic E-state index is 0.0323. The third kappa shape index (κ3) is 5.46. The van der Waals surface area contributed by atoms with Gasteiger partial charge in [-0.15, -0.1) is 5.10 Å². The molecule has 11 heteroatoms. The van der Waals surface area contributed by atoms with Gasteiger partial charge < -0.3 is 14.5 Å². The maximum Gasteiger partial charge on any atom is 0.416 e. The zero-order chi connectivity index (χ0) is 26.2. The number of likely N-dealkylation sites (N-methyl/N-ethyl adjacent to an activating group) is 1. The lowest BCUT2D eigenvalue weighted by molar-refractivity contribution is -0.137. The largest absolute Gasteiger partial charge is 0.452 e. The molecule has 8 nitrogen and oxygen atoms in total. The van der Waals surface area contributed by atoms with Gasteiger partial charge in [-0.3, -0.25) is 9.48 Å². The summed E-state index contributed by atoms with van der Waals surface area (Å²) in [6.07, 6.45) is -4.39. The van der Waals surface area contributed by atoms with E-state index in [1.165, 1.54) is 17.1 Å². The van der Waals surface area contributed by atoms with Gasteiger partial charge in [0.05, 0.1) is 17.8 Å². The van der Waals surface area contributed by atoms with Crippen molar-refractivity contribution in [2.75, 3.05) is 45.0 Å². The average molecular weight is 513 g/mol. The van der Waals surface area contributed by atoms with Crippen molar-refractivity contribution in [2.24, 2.45) is 5.10 Å². The van der Waals surface area contributed by atoms with Gasteiger partial charge in [0, 0.05) is 37.4 Å². The molecule has 0 spiro atoms. The second-order valence-corrected chi connectivity index (χ2v) is 9.25. The fraction of sp³-hybridized carbons (Fsp3) is 0.346. The highest BCUT2D eigenvalue weighted by Crippen LogP contribution is 2.31. The number of anilines is 1. The summed E-state index contributed by atoms with van der Waals surface area (Å²) in [4.78, 5) is 17.1. The summed E-state index contributed by atoms with van der Waals surface area (Å²) >= 11 is 0. The van der Waals surface area contributed by atoms with E-state index < -0.39 is 11.7 Å².